The average Bonchev–Trinajstić information content (AvgIpc) is 3.27. The van der Waals surface area contributed by atoms with Crippen molar-refractivity contribution in [3.8, 4) is 22.6 Å². The number of nitrogens with zero attached hydrogens (tertiary/aromatic N) is 5. The lowest BCUT2D eigenvalue weighted by Gasteiger charge is -2.15. The van der Waals surface area contributed by atoms with E-state index >= 15 is 4.39 Å². The van der Waals surface area contributed by atoms with Gasteiger partial charge >= 0.3 is 0 Å². The fraction of sp³-hybridized carbons (Fsp3) is 0.320. The zero-order valence-corrected chi connectivity index (χ0v) is 20.0. The Hall–Kier alpha value is -3.72. The zero-order chi connectivity index (χ0) is 24.2. The fourth-order valence-electron chi connectivity index (χ4n) is 3.73. The largest absolute Gasteiger partial charge is 0.497 e. The van der Waals surface area contributed by atoms with Crippen LogP contribution in [0.1, 0.15) is 13.8 Å². The lowest BCUT2D eigenvalue weighted by Crippen LogP contribution is -2.31. The Labute approximate surface area is 197 Å². The highest BCUT2D eigenvalue weighted by Gasteiger charge is 2.13. The van der Waals surface area contributed by atoms with Crippen molar-refractivity contribution in [2.45, 2.75) is 26.4 Å². The summed E-state index contributed by atoms with van der Waals surface area (Å²) in [6, 6.07) is 9.20. The molecule has 0 saturated carbocycles. The molecule has 9 heteroatoms. The summed E-state index contributed by atoms with van der Waals surface area (Å²) in [5, 5.41) is 7.71. The molecule has 4 rings (SSSR count). The van der Waals surface area contributed by atoms with Crippen LogP contribution < -0.4 is 20.3 Å². The number of aromatic nitrogens is 4. The molecule has 0 spiro atoms. The van der Waals surface area contributed by atoms with Crippen molar-refractivity contribution in [3.63, 3.8) is 0 Å². The van der Waals surface area contributed by atoms with Crippen LogP contribution in [0.3, 0.4) is 0 Å². The van der Waals surface area contributed by atoms with Gasteiger partial charge in [0.05, 0.1) is 31.4 Å². The number of methoxy groups -OCH3 is 2. The van der Waals surface area contributed by atoms with Crippen molar-refractivity contribution < 1.29 is 13.9 Å². The molecular formula is C25H29FN6O2. The van der Waals surface area contributed by atoms with Crippen molar-refractivity contribution in [2.75, 3.05) is 20.8 Å². The minimum Gasteiger partial charge on any atom is -0.497 e. The average molecular weight is 465 g/mol. The molecule has 0 amide bonds. The highest BCUT2D eigenvalue weighted by molar-refractivity contribution is 5.80. The summed E-state index contributed by atoms with van der Waals surface area (Å²) in [7, 11) is 4.82. The van der Waals surface area contributed by atoms with Crippen molar-refractivity contribution in [1.82, 2.24) is 24.6 Å². The SMILES string of the molecule is COc1cc(N=c2ccc3ncc(-c4cnn(C)c4)cc3n2CCNC(C)C)c(F)c(OC)c1. The van der Waals surface area contributed by atoms with Crippen LogP contribution in [-0.4, -0.2) is 46.1 Å². The number of halogens is 1. The van der Waals surface area contributed by atoms with Crippen LogP contribution >= 0.6 is 0 Å². The molecule has 34 heavy (non-hydrogen) atoms. The van der Waals surface area contributed by atoms with E-state index in [9.17, 15) is 0 Å². The van der Waals surface area contributed by atoms with E-state index < -0.39 is 5.82 Å². The molecule has 3 aromatic heterocycles. The topological polar surface area (TPSA) is 78.5 Å². The first-order chi connectivity index (χ1) is 16.4. The molecule has 178 valence electrons. The van der Waals surface area contributed by atoms with Crippen LogP contribution in [0.4, 0.5) is 10.1 Å². The highest BCUT2D eigenvalue weighted by atomic mass is 19.1. The summed E-state index contributed by atoms with van der Waals surface area (Å²) >= 11 is 0. The van der Waals surface area contributed by atoms with E-state index in [1.54, 1.807) is 16.9 Å². The first-order valence-electron chi connectivity index (χ1n) is 11.1. The van der Waals surface area contributed by atoms with Gasteiger partial charge < -0.3 is 19.4 Å². The fourth-order valence-corrected chi connectivity index (χ4v) is 3.73. The molecule has 0 aliphatic carbocycles. The van der Waals surface area contributed by atoms with Gasteiger partial charge in [-0.2, -0.15) is 5.10 Å². The molecule has 0 aliphatic rings. The number of benzene rings is 1. The van der Waals surface area contributed by atoms with Gasteiger partial charge in [-0.1, -0.05) is 13.8 Å². The monoisotopic (exact) mass is 464 g/mol. The van der Waals surface area contributed by atoms with E-state index in [1.807, 2.05) is 36.1 Å². The second-order valence-corrected chi connectivity index (χ2v) is 8.26. The van der Waals surface area contributed by atoms with Crippen molar-refractivity contribution in [2.24, 2.45) is 12.0 Å². The molecule has 0 radical (unpaired) electrons. The van der Waals surface area contributed by atoms with Crippen LogP contribution in [0.25, 0.3) is 22.2 Å². The predicted octanol–water partition coefficient (Wildman–Crippen LogP) is 3.82. The molecule has 0 saturated heterocycles. The number of hydrogen-bond acceptors (Lipinski definition) is 6. The van der Waals surface area contributed by atoms with E-state index in [0.29, 0.717) is 30.4 Å². The molecule has 1 aromatic carbocycles. The molecule has 0 unspecified atom stereocenters. The molecule has 0 bridgehead atoms. The van der Waals surface area contributed by atoms with E-state index in [2.05, 4.69) is 40.3 Å². The molecule has 4 aromatic rings. The first kappa shape index (κ1) is 23.4. The van der Waals surface area contributed by atoms with E-state index in [4.69, 9.17) is 9.47 Å². The maximum absolute atomic E-state index is 15.0. The molecule has 3 heterocycles. The van der Waals surface area contributed by atoms with Crippen LogP contribution in [0.2, 0.25) is 0 Å². The maximum Gasteiger partial charge on any atom is 0.190 e. The number of nitrogens with one attached hydrogen (secondary N) is 1. The number of rotatable bonds is 8. The summed E-state index contributed by atoms with van der Waals surface area (Å²) in [5.41, 5.74) is 4.35. The summed E-state index contributed by atoms with van der Waals surface area (Å²) in [6.45, 7) is 5.53. The van der Waals surface area contributed by atoms with Crippen LogP contribution in [0.5, 0.6) is 11.5 Å². The standard InChI is InChI=1S/C25H29FN6O2/c1-16(2)27-8-9-32-22-10-17(18-14-29-31(3)15-18)13-28-20(22)6-7-24(32)30-21-11-19(33-4)12-23(34-5)25(21)26/h6-7,10-16,27H,8-9H2,1-5H3. The van der Waals surface area contributed by atoms with Crippen LogP contribution in [0, 0.1) is 5.82 Å². The Bertz CT molecular complexity index is 1380. The Morgan fingerprint density at radius 2 is 1.91 bits per heavy atom. The second-order valence-electron chi connectivity index (χ2n) is 8.26. The Morgan fingerprint density at radius 1 is 1.09 bits per heavy atom. The van der Waals surface area contributed by atoms with Crippen molar-refractivity contribution in [3.05, 3.63) is 60.2 Å². The highest BCUT2D eigenvalue weighted by Crippen LogP contribution is 2.32. The third kappa shape index (κ3) is 4.94. The maximum atomic E-state index is 15.0. The van der Waals surface area contributed by atoms with E-state index in [1.165, 1.54) is 20.3 Å². The molecule has 0 atom stereocenters. The Morgan fingerprint density at radius 3 is 2.59 bits per heavy atom. The zero-order valence-electron chi connectivity index (χ0n) is 20.0. The first-order valence-corrected chi connectivity index (χ1v) is 11.1. The number of aryl methyl sites for hydroxylation is 1. The van der Waals surface area contributed by atoms with Gasteiger partial charge in [0.25, 0.3) is 0 Å². The predicted molar refractivity (Wildman–Crippen MR) is 130 cm³/mol. The van der Waals surface area contributed by atoms with E-state index in [-0.39, 0.29) is 11.4 Å². The Balaban J connectivity index is 1.92. The third-order valence-corrected chi connectivity index (χ3v) is 5.47. The van der Waals surface area contributed by atoms with Crippen LogP contribution in [-0.2, 0) is 13.6 Å². The number of hydrogen-bond donors (Lipinski definition) is 1. The van der Waals surface area contributed by atoms with Crippen molar-refractivity contribution in [1.29, 1.82) is 0 Å². The minimum absolute atomic E-state index is 0.0763. The summed E-state index contributed by atoms with van der Waals surface area (Å²) in [4.78, 5) is 9.33. The Kier molecular flexibility index (Phi) is 6.93. The minimum atomic E-state index is -0.544. The summed E-state index contributed by atoms with van der Waals surface area (Å²) in [5.74, 6) is -0.00345. The summed E-state index contributed by atoms with van der Waals surface area (Å²) in [6.07, 6.45) is 5.58. The molecule has 1 N–H and O–H groups in total. The van der Waals surface area contributed by atoms with Crippen molar-refractivity contribution >= 4 is 16.7 Å². The third-order valence-electron chi connectivity index (χ3n) is 5.47. The molecule has 0 aliphatic heterocycles. The van der Waals surface area contributed by atoms with Gasteiger partial charge in [0.15, 0.2) is 11.6 Å². The van der Waals surface area contributed by atoms with Gasteiger partial charge in [-0.3, -0.25) is 9.67 Å². The quantitative estimate of drug-likeness (QED) is 0.429. The smallest absolute Gasteiger partial charge is 0.190 e. The lowest BCUT2D eigenvalue weighted by molar-refractivity contribution is 0.374. The van der Waals surface area contributed by atoms with Gasteiger partial charge in [-0.05, 0) is 18.2 Å². The molecule has 0 fully saturated rings. The number of fused-ring (bicyclic) bond motifs is 1. The molecular weight excluding hydrogens is 435 g/mol. The van der Waals surface area contributed by atoms with Gasteiger partial charge in [0.1, 0.15) is 16.9 Å². The van der Waals surface area contributed by atoms with E-state index in [0.717, 1.165) is 22.2 Å². The van der Waals surface area contributed by atoms with Gasteiger partial charge in [-0.15, -0.1) is 0 Å². The second kappa shape index (κ2) is 10.0. The number of pyridine rings is 2. The normalized spacial score (nSPS) is 12.0. The summed E-state index contributed by atoms with van der Waals surface area (Å²) < 4.78 is 29.3. The van der Waals surface area contributed by atoms with Gasteiger partial charge in [-0.25, -0.2) is 9.38 Å². The molecule has 8 nitrogen and oxygen atoms in total. The van der Waals surface area contributed by atoms with Gasteiger partial charge in [0, 0.05) is 61.8 Å². The number of ether oxygens (including phenoxy) is 2. The van der Waals surface area contributed by atoms with Gasteiger partial charge in [0.2, 0.25) is 0 Å². The lowest BCUT2D eigenvalue weighted by atomic mass is 10.1. The van der Waals surface area contributed by atoms with Crippen LogP contribution in [0.15, 0.2) is 53.9 Å².